The minimum atomic E-state index is -3.44. The number of aliphatic hydroxyl groups is 1. The molecule has 0 fully saturated rings. The first-order chi connectivity index (χ1) is 7.93. The Morgan fingerprint density at radius 1 is 1.35 bits per heavy atom. The van der Waals surface area contributed by atoms with E-state index in [1.54, 1.807) is 6.07 Å². The van der Waals surface area contributed by atoms with E-state index < -0.39 is 10.0 Å². The Kier molecular flexibility index (Phi) is 5.12. The van der Waals surface area contributed by atoms with Crippen LogP contribution in [0.15, 0.2) is 10.3 Å². The fraction of sp³-hybridized carbons (Fsp3) is 0.636. The van der Waals surface area contributed by atoms with E-state index in [0.29, 0.717) is 10.8 Å². The van der Waals surface area contributed by atoms with Gasteiger partial charge >= 0.3 is 0 Å². The number of sulfonamides is 1. The van der Waals surface area contributed by atoms with Crippen LogP contribution in [-0.4, -0.2) is 37.5 Å². The third kappa shape index (κ3) is 3.28. The lowest BCUT2D eigenvalue weighted by atomic mass is 10.3. The first-order valence-corrected chi connectivity index (χ1v) is 7.87. The van der Waals surface area contributed by atoms with Crippen LogP contribution in [0.5, 0.6) is 0 Å². The second-order valence-corrected chi connectivity index (χ2v) is 7.35. The van der Waals surface area contributed by atoms with Gasteiger partial charge in [0.05, 0.1) is 6.61 Å². The predicted molar refractivity (Wildman–Crippen MR) is 69.9 cm³/mol. The first kappa shape index (κ1) is 14.6. The molecule has 1 heterocycles. The second kappa shape index (κ2) is 5.95. The Morgan fingerprint density at radius 3 is 2.41 bits per heavy atom. The van der Waals surface area contributed by atoms with Gasteiger partial charge in [0, 0.05) is 18.0 Å². The largest absolute Gasteiger partial charge is 0.395 e. The van der Waals surface area contributed by atoms with E-state index in [9.17, 15) is 8.42 Å². The molecule has 0 bridgehead atoms. The number of aryl methyl sites for hydroxylation is 2. The second-order valence-electron chi connectivity index (χ2n) is 3.93. The van der Waals surface area contributed by atoms with E-state index in [1.165, 1.54) is 15.6 Å². The monoisotopic (exact) mass is 277 g/mol. The van der Waals surface area contributed by atoms with Crippen molar-refractivity contribution < 1.29 is 13.5 Å². The fourth-order valence-electron chi connectivity index (χ4n) is 1.51. The van der Waals surface area contributed by atoms with Gasteiger partial charge in [0.1, 0.15) is 4.21 Å². The molecule has 17 heavy (non-hydrogen) atoms. The lowest BCUT2D eigenvalue weighted by Gasteiger charge is -2.19. The van der Waals surface area contributed by atoms with Gasteiger partial charge < -0.3 is 5.11 Å². The highest BCUT2D eigenvalue weighted by Gasteiger charge is 2.25. The zero-order chi connectivity index (χ0) is 13.1. The molecule has 1 aromatic heterocycles. The maximum absolute atomic E-state index is 12.3. The van der Waals surface area contributed by atoms with Crippen molar-refractivity contribution in [1.82, 2.24) is 4.31 Å². The SMILES string of the molecule is CCCN(CCO)S(=O)(=O)c1cc(C)c(C)s1. The van der Waals surface area contributed by atoms with Crippen molar-refractivity contribution in [3.05, 3.63) is 16.5 Å². The van der Waals surface area contributed by atoms with Crippen LogP contribution in [-0.2, 0) is 10.0 Å². The lowest BCUT2D eigenvalue weighted by Crippen LogP contribution is -2.33. The summed E-state index contributed by atoms with van der Waals surface area (Å²) in [6.45, 7) is 6.19. The first-order valence-electron chi connectivity index (χ1n) is 5.61. The summed E-state index contributed by atoms with van der Waals surface area (Å²) in [6.07, 6.45) is 0.739. The van der Waals surface area contributed by atoms with Gasteiger partial charge in [0.15, 0.2) is 0 Å². The van der Waals surface area contributed by atoms with Crippen molar-refractivity contribution in [3.63, 3.8) is 0 Å². The van der Waals surface area contributed by atoms with Crippen LogP contribution in [0, 0.1) is 13.8 Å². The van der Waals surface area contributed by atoms with Gasteiger partial charge in [-0.05, 0) is 31.9 Å². The molecule has 0 spiro atoms. The van der Waals surface area contributed by atoms with Crippen LogP contribution >= 0.6 is 11.3 Å². The molecular formula is C11H19NO3S2. The molecule has 0 saturated heterocycles. The predicted octanol–water partition coefficient (Wildman–Crippen LogP) is 1.76. The molecular weight excluding hydrogens is 258 g/mol. The molecule has 1 N–H and O–H groups in total. The van der Waals surface area contributed by atoms with Crippen LogP contribution in [0.25, 0.3) is 0 Å². The van der Waals surface area contributed by atoms with Crippen molar-refractivity contribution in [1.29, 1.82) is 0 Å². The standard InChI is InChI=1S/C11H19NO3S2/c1-4-5-12(6-7-13)17(14,15)11-8-9(2)10(3)16-11/h8,13H,4-7H2,1-3H3. The summed E-state index contributed by atoms with van der Waals surface area (Å²) < 4.78 is 26.3. The summed E-state index contributed by atoms with van der Waals surface area (Å²) in [5, 5.41) is 8.93. The van der Waals surface area contributed by atoms with Gasteiger partial charge in [-0.3, -0.25) is 0 Å². The van der Waals surface area contributed by atoms with Crippen LogP contribution in [0.4, 0.5) is 0 Å². The molecule has 0 aliphatic heterocycles. The summed E-state index contributed by atoms with van der Waals surface area (Å²) >= 11 is 1.29. The van der Waals surface area contributed by atoms with E-state index >= 15 is 0 Å². The van der Waals surface area contributed by atoms with Crippen LogP contribution in [0.1, 0.15) is 23.8 Å². The Bertz CT molecular complexity index is 440. The Hall–Kier alpha value is -0.430. The summed E-state index contributed by atoms with van der Waals surface area (Å²) in [5.41, 5.74) is 0.994. The molecule has 0 atom stereocenters. The van der Waals surface area contributed by atoms with Gasteiger partial charge in [-0.1, -0.05) is 6.92 Å². The van der Waals surface area contributed by atoms with Crippen LogP contribution < -0.4 is 0 Å². The van der Waals surface area contributed by atoms with Crippen molar-refractivity contribution >= 4 is 21.4 Å². The Balaban J connectivity index is 3.06. The summed E-state index contributed by atoms with van der Waals surface area (Å²) in [4.78, 5) is 1.02. The number of hydrogen-bond donors (Lipinski definition) is 1. The van der Waals surface area contributed by atoms with Crippen molar-refractivity contribution in [2.45, 2.75) is 31.4 Å². The summed E-state index contributed by atoms with van der Waals surface area (Å²) in [6, 6.07) is 1.70. The van der Waals surface area contributed by atoms with Crippen LogP contribution in [0.3, 0.4) is 0 Å². The molecule has 0 unspecified atom stereocenters. The highest BCUT2D eigenvalue weighted by molar-refractivity contribution is 7.91. The van der Waals surface area contributed by atoms with Gasteiger partial charge in [-0.25, -0.2) is 8.42 Å². The van der Waals surface area contributed by atoms with Gasteiger partial charge in [-0.2, -0.15) is 4.31 Å². The highest BCUT2D eigenvalue weighted by Crippen LogP contribution is 2.27. The Morgan fingerprint density at radius 2 is 2.00 bits per heavy atom. The topological polar surface area (TPSA) is 57.6 Å². The number of aliphatic hydroxyl groups excluding tert-OH is 1. The summed E-state index contributed by atoms with van der Waals surface area (Å²) in [7, 11) is -3.44. The van der Waals surface area contributed by atoms with Crippen molar-refractivity contribution in [2.75, 3.05) is 19.7 Å². The minimum Gasteiger partial charge on any atom is -0.395 e. The average Bonchev–Trinajstić information content (AvgIpc) is 2.59. The Labute approximate surface area is 107 Å². The van der Waals surface area contributed by atoms with Crippen LogP contribution in [0.2, 0.25) is 0 Å². The van der Waals surface area contributed by atoms with E-state index in [2.05, 4.69) is 0 Å². The molecule has 0 aliphatic carbocycles. The highest BCUT2D eigenvalue weighted by atomic mass is 32.2. The molecule has 98 valence electrons. The van der Waals surface area contributed by atoms with E-state index in [1.807, 2.05) is 20.8 Å². The van der Waals surface area contributed by atoms with Gasteiger partial charge in [0.2, 0.25) is 0 Å². The number of hydrogen-bond acceptors (Lipinski definition) is 4. The van der Waals surface area contributed by atoms with E-state index in [-0.39, 0.29) is 13.2 Å². The summed E-state index contributed by atoms with van der Waals surface area (Å²) in [5.74, 6) is 0. The van der Waals surface area contributed by atoms with Crippen molar-refractivity contribution in [2.24, 2.45) is 0 Å². The average molecular weight is 277 g/mol. The fourth-order valence-corrected chi connectivity index (χ4v) is 4.70. The number of nitrogens with zero attached hydrogens (tertiary/aromatic N) is 1. The van der Waals surface area contributed by atoms with Gasteiger partial charge in [0.25, 0.3) is 10.0 Å². The molecule has 4 nitrogen and oxygen atoms in total. The molecule has 6 heteroatoms. The third-order valence-corrected chi connectivity index (χ3v) is 6.06. The van der Waals surface area contributed by atoms with E-state index in [0.717, 1.165) is 16.9 Å². The third-order valence-electron chi connectivity index (χ3n) is 2.56. The van der Waals surface area contributed by atoms with Gasteiger partial charge in [-0.15, -0.1) is 11.3 Å². The number of rotatable bonds is 6. The number of thiophene rings is 1. The minimum absolute atomic E-state index is 0.150. The molecule has 0 saturated carbocycles. The molecule has 1 rings (SSSR count). The molecule has 0 aromatic carbocycles. The zero-order valence-corrected chi connectivity index (χ0v) is 12.1. The quantitative estimate of drug-likeness (QED) is 0.862. The molecule has 1 aromatic rings. The van der Waals surface area contributed by atoms with E-state index in [4.69, 9.17) is 5.11 Å². The maximum Gasteiger partial charge on any atom is 0.252 e. The van der Waals surface area contributed by atoms with Crippen molar-refractivity contribution in [3.8, 4) is 0 Å². The lowest BCUT2D eigenvalue weighted by molar-refractivity contribution is 0.254. The zero-order valence-electron chi connectivity index (χ0n) is 10.4. The molecule has 0 radical (unpaired) electrons. The smallest absolute Gasteiger partial charge is 0.252 e. The molecule has 0 aliphatic rings. The normalized spacial score (nSPS) is 12.3. The molecule has 0 amide bonds. The maximum atomic E-state index is 12.3.